The van der Waals surface area contributed by atoms with Crippen LogP contribution in [0.4, 0.5) is 0 Å². The molecule has 0 N–H and O–H groups in total. The van der Waals surface area contributed by atoms with Crippen molar-refractivity contribution < 1.29 is 37.4 Å². The molecule has 3 heteroatoms. The van der Waals surface area contributed by atoms with E-state index >= 15 is 0 Å². The van der Waals surface area contributed by atoms with E-state index in [0.717, 1.165) is 0 Å². The Labute approximate surface area is 49.5 Å². The Balaban J connectivity index is -0.00000000167. The Bertz CT molecular complexity index is 16.4. The van der Waals surface area contributed by atoms with Crippen LogP contribution in [0.15, 0.2) is 0 Å². The molecule has 0 aliphatic rings. The molecule has 0 aromatic carbocycles. The van der Waals surface area contributed by atoms with E-state index in [1.807, 2.05) is 0 Å². The maximum absolute atomic E-state index is 6.25. The second kappa shape index (κ2) is 66.6. The van der Waals surface area contributed by atoms with Gasteiger partial charge in [-0.2, -0.15) is 0 Å². The minimum absolute atomic E-state index is 0. The van der Waals surface area contributed by atoms with Crippen LogP contribution in [0.2, 0.25) is 0 Å². The van der Waals surface area contributed by atoms with Gasteiger partial charge in [-0.15, -0.1) is 0 Å². The van der Waals surface area contributed by atoms with Gasteiger partial charge in [0.15, 0.2) is 0 Å². The SMILES string of the molecule is [C-]#N.[Cu+].[H-].[Li+]. The van der Waals surface area contributed by atoms with Crippen molar-refractivity contribution in [1.82, 2.24) is 0 Å². The first-order valence-corrected chi connectivity index (χ1v) is 0.224. The molecule has 0 aromatic heterocycles. The molecule has 0 saturated heterocycles. The predicted molar refractivity (Wildman–Crippen MR) is 6.08 cm³/mol. The second-order valence-electron chi connectivity index (χ2n) is 0. The van der Waals surface area contributed by atoms with Crippen LogP contribution in [0.25, 0.3) is 0 Å². The molecule has 0 heterocycles. The second-order valence-corrected chi connectivity index (χ2v) is 0. The topological polar surface area (TPSA) is 23.8 Å². The molecule has 0 radical (unpaired) electrons. The fourth-order valence-electron chi connectivity index (χ4n) is 0. The van der Waals surface area contributed by atoms with Crippen LogP contribution in [0, 0.1) is 11.8 Å². The zero-order valence-electron chi connectivity index (χ0n) is 3.25. The zero-order chi connectivity index (χ0) is 2.00. The Morgan fingerprint density at radius 3 is 1.50 bits per heavy atom. The van der Waals surface area contributed by atoms with Gasteiger partial charge < -0.3 is 13.3 Å². The standard InChI is InChI=1S/CN.Cu.Li.H/c1-2;;;/q-1;2*+1;-1. The van der Waals surface area contributed by atoms with Crippen molar-refractivity contribution in [2.45, 2.75) is 0 Å². The smallest absolute Gasteiger partial charge is 1.00 e. The molecule has 0 spiro atoms. The van der Waals surface area contributed by atoms with E-state index in [-0.39, 0.29) is 37.4 Å². The van der Waals surface area contributed by atoms with Crippen molar-refractivity contribution in [1.29, 1.82) is 5.26 Å². The molecule has 0 aliphatic heterocycles. The molecule has 0 bridgehead atoms. The molecule has 0 aliphatic carbocycles. The van der Waals surface area contributed by atoms with Gasteiger partial charge in [-0.3, -0.25) is 0 Å². The summed E-state index contributed by atoms with van der Waals surface area (Å²) in [6.07, 6.45) is 0. The van der Waals surface area contributed by atoms with Gasteiger partial charge in [0.1, 0.15) is 0 Å². The molecule has 0 unspecified atom stereocenters. The molecule has 0 aromatic rings. The van der Waals surface area contributed by atoms with E-state index in [4.69, 9.17) is 11.8 Å². The molecule has 22 valence electrons. The van der Waals surface area contributed by atoms with Gasteiger partial charge in [-0.05, 0) is 0 Å². The van der Waals surface area contributed by atoms with Gasteiger partial charge in [0.2, 0.25) is 0 Å². The number of rotatable bonds is 0. The summed E-state index contributed by atoms with van der Waals surface area (Å²) in [6.45, 7) is 4.75. The molecular formula is CHCuLiN. The van der Waals surface area contributed by atoms with Crippen LogP contribution in [0.3, 0.4) is 0 Å². The predicted octanol–water partition coefficient (Wildman–Crippen LogP) is -2.79. The van der Waals surface area contributed by atoms with Gasteiger partial charge >= 0.3 is 35.9 Å². The van der Waals surface area contributed by atoms with Crippen molar-refractivity contribution >= 4 is 0 Å². The van der Waals surface area contributed by atoms with Gasteiger partial charge in [0.05, 0.1) is 0 Å². The first-order valence-electron chi connectivity index (χ1n) is 0.224. The minimum atomic E-state index is 0. The first kappa shape index (κ1) is 23.2. The van der Waals surface area contributed by atoms with Gasteiger partial charge in [-0.1, -0.05) is 0 Å². The quantitative estimate of drug-likeness (QED) is 0.237. The van der Waals surface area contributed by atoms with Crippen LogP contribution in [-0.4, -0.2) is 0 Å². The van der Waals surface area contributed by atoms with Gasteiger partial charge in [-0.25, -0.2) is 0 Å². The summed E-state index contributed by atoms with van der Waals surface area (Å²) in [5.41, 5.74) is 0. The van der Waals surface area contributed by atoms with Crippen LogP contribution in [-0.2, 0) is 17.1 Å². The third-order valence-electron chi connectivity index (χ3n) is 0. The van der Waals surface area contributed by atoms with Crippen molar-refractivity contribution in [2.75, 3.05) is 0 Å². The first-order chi connectivity index (χ1) is 1.00. The monoisotopic (exact) mass is 97.0 g/mol. The third-order valence-corrected chi connectivity index (χ3v) is 0. The molecule has 0 rings (SSSR count). The molecule has 0 amide bonds. The van der Waals surface area contributed by atoms with E-state index < -0.39 is 0 Å². The molecule has 0 saturated carbocycles. The summed E-state index contributed by atoms with van der Waals surface area (Å²) in [5, 5.41) is 6.25. The van der Waals surface area contributed by atoms with Crippen LogP contribution in [0.5, 0.6) is 0 Å². The van der Waals surface area contributed by atoms with E-state index in [9.17, 15) is 0 Å². The van der Waals surface area contributed by atoms with Crippen molar-refractivity contribution in [3.8, 4) is 0 Å². The average molecular weight is 97.5 g/mol. The third kappa shape index (κ3) is 18.3. The Morgan fingerprint density at radius 1 is 1.50 bits per heavy atom. The van der Waals surface area contributed by atoms with Gasteiger partial charge in [0, 0.05) is 0 Å². The summed E-state index contributed by atoms with van der Waals surface area (Å²) in [5.74, 6) is 0. The Morgan fingerprint density at radius 2 is 1.50 bits per heavy atom. The van der Waals surface area contributed by atoms with E-state index in [1.165, 1.54) is 0 Å². The van der Waals surface area contributed by atoms with Crippen LogP contribution < -0.4 is 18.9 Å². The maximum Gasteiger partial charge on any atom is 1.00 e. The van der Waals surface area contributed by atoms with Crippen LogP contribution in [0.1, 0.15) is 1.43 Å². The summed E-state index contributed by atoms with van der Waals surface area (Å²) in [7, 11) is 0. The fourth-order valence-corrected chi connectivity index (χ4v) is 0. The molecule has 1 nitrogen and oxygen atoms in total. The maximum atomic E-state index is 6.25. The number of hydrogen-bond donors (Lipinski definition) is 0. The summed E-state index contributed by atoms with van der Waals surface area (Å²) in [4.78, 5) is 0. The molecule has 0 fully saturated rings. The molecule has 4 heavy (non-hydrogen) atoms. The molecule has 0 atom stereocenters. The van der Waals surface area contributed by atoms with Crippen molar-refractivity contribution in [3.05, 3.63) is 6.57 Å². The number of nitrogens with zero attached hydrogens (tertiary/aromatic N) is 1. The molecular weight excluding hydrogens is 96.5 g/mol. The Hall–Kier alpha value is 0.607. The zero-order valence-corrected chi connectivity index (χ0v) is 3.19. The summed E-state index contributed by atoms with van der Waals surface area (Å²) in [6, 6.07) is 0. The van der Waals surface area contributed by atoms with Crippen LogP contribution >= 0.6 is 0 Å². The van der Waals surface area contributed by atoms with Crippen molar-refractivity contribution in [2.24, 2.45) is 0 Å². The normalized spacial score (nSPS) is 0.500. The fraction of sp³-hybridized carbons (Fsp3) is 0. The summed E-state index contributed by atoms with van der Waals surface area (Å²) < 4.78 is 0. The summed E-state index contributed by atoms with van der Waals surface area (Å²) >= 11 is 0. The van der Waals surface area contributed by atoms with E-state index in [2.05, 4.69) is 0 Å². The van der Waals surface area contributed by atoms with E-state index in [0.29, 0.717) is 0 Å². The largest absolute Gasteiger partial charge is 1.00 e. The average Bonchev–Trinajstić information content (AvgIpc) is 1.00. The van der Waals surface area contributed by atoms with Gasteiger partial charge in [0.25, 0.3) is 0 Å². The Kier molecular flexibility index (Phi) is 386. The minimum Gasteiger partial charge on any atom is -1.00 e. The van der Waals surface area contributed by atoms with E-state index in [1.54, 1.807) is 0 Å². The van der Waals surface area contributed by atoms with Crippen molar-refractivity contribution in [3.63, 3.8) is 0 Å². The number of hydrogen-bond acceptors (Lipinski definition) is 1.